The lowest BCUT2D eigenvalue weighted by molar-refractivity contribution is 0.0950. The van der Waals surface area contributed by atoms with Crippen molar-refractivity contribution in [2.24, 2.45) is 0 Å². The normalized spacial score (nSPS) is 10.4. The number of rotatable bonds is 5. The van der Waals surface area contributed by atoms with E-state index in [9.17, 15) is 4.79 Å². The van der Waals surface area contributed by atoms with E-state index in [1.54, 1.807) is 6.20 Å². The minimum absolute atomic E-state index is 0.0596. The monoisotopic (exact) mass is 338 g/mol. The highest BCUT2D eigenvalue weighted by Crippen LogP contribution is 2.23. The predicted molar refractivity (Wildman–Crippen MR) is 95.7 cm³/mol. The molecule has 0 aliphatic heterocycles. The van der Waals surface area contributed by atoms with Gasteiger partial charge in [0.15, 0.2) is 0 Å². The van der Waals surface area contributed by atoms with Crippen LogP contribution in [0.2, 0.25) is 0 Å². The van der Waals surface area contributed by atoms with Crippen LogP contribution in [0.4, 0.5) is 0 Å². The van der Waals surface area contributed by atoms with Crippen LogP contribution in [-0.2, 0) is 6.54 Å². The van der Waals surface area contributed by atoms with Crippen LogP contribution in [0.15, 0.2) is 54.0 Å². The molecule has 0 fully saturated rings. The molecule has 0 unspecified atom stereocenters. The van der Waals surface area contributed by atoms with E-state index in [-0.39, 0.29) is 5.91 Å². The third kappa shape index (κ3) is 4.00. The molecular weight excluding hydrogens is 320 g/mol. The Balaban J connectivity index is 1.59. The molecule has 4 nitrogen and oxygen atoms in total. The van der Waals surface area contributed by atoms with Crippen LogP contribution < -0.4 is 10.1 Å². The van der Waals surface area contributed by atoms with E-state index in [1.165, 1.54) is 11.3 Å². The van der Waals surface area contributed by atoms with E-state index in [0.717, 1.165) is 22.4 Å². The standard InChI is InChI=1S/C19H18N2O2S/c1-13-3-8-17(14(2)11-13)18(22)21-12-15-4-6-16(7-5-15)23-19-20-9-10-24-19/h3-11H,12H2,1-2H3,(H,21,22). The van der Waals surface area contributed by atoms with Gasteiger partial charge in [-0.1, -0.05) is 41.2 Å². The summed E-state index contributed by atoms with van der Waals surface area (Å²) in [5, 5.41) is 5.43. The number of aromatic nitrogens is 1. The molecule has 3 aromatic rings. The number of ether oxygens (including phenoxy) is 1. The SMILES string of the molecule is Cc1ccc(C(=O)NCc2ccc(Oc3nccs3)cc2)c(C)c1. The Morgan fingerprint density at radius 1 is 1.17 bits per heavy atom. The summed E-state index contributed by atoms with van der Waals surface area (Å²) in [7, 11) is 0. The van der Waals surface area contributed by atoms with Gasteiger partial charge in [-0.3, -0.25) is 4.79 Å². The minimum atomic E-state index is -0.0596. The van der Waals surface area contributed by atoms with E-state index >= 15 is 0 Å². The molecular formula is C19H18N2O2S. The Hall–Kier alpha value is -2.66. The summed E-state index contributed by atoms with van der Waals surface area (Å²) in [6, 6.07) is 13.5. The summed E-state index contributed by atoms with van der Waals surface area (Å²) in [6.45, 7) is 4.44. The highest BCUT2D eigenvalue weighted by Gasteiger charge is 2.08. The molecule has 1 aromatic heterocycles. The van der Waals surface area contributed by atoms with Gasteiger partial charge in [-0.2, -0.15) is 0 Å². The Labute approximate surface area is 145 Å². The van der Waals surface area contributed by atoms with Gasteiger partial charge in [0, 0.05) is 23.7 Å². The number of amides is 1. The fraction of sp³-hybridized carbons (Fsp3) is 0.158. The zero-order chi connectivity index (χ0) is 16.9. The van der Waals surface area contributed by atoms with Crippen molar-refractivity contribution in [2.75, 3.05) is 0 Å². The van der Waals surface area contributed by atoms with Gasteiger partial charge in [-0.05, 0) is 43.2 Å². The Morgan fingerprint density at radius 3 is 2.62 bits per heavy atom. The van der Waals surface area contributed by atoms with Crippen molar-refractivity contribution >= 4 is 17.2 Å². The molecule has 0 aliphatic carbocycles. The van der Waals surface area contributed by atoms with E-state index in [0.29, 0.717) is 17.3 Å². The zero-order valence-corrected chi connectivity index (χ0v) is 14.4. The van der Waals surface area contributed by atoms with Gasteiger partial charge >= 0.3 is 0 Å². The number of carbonyl (C=O) groups excluding carboxylic acids is 1. The van der Waals surface area contributed by atoms with Gasteiger partial charge < -0.3 is 10.1 Å². The summed E-state index contributed by atoms with van der Waals surface area (Å²) in [5.41, 5.74) is 3.86. The van der Waals surface area contributed by atoms with Crippen LogP contribution >= 0.6 is 11.3 Å². The fourth-order valence-corrected chi connectivity index (χ4v) is 2.89. The summed E-state index contributed by atoms with van der Waals surface area (Å²) < 4.78 is 5.62. The van der Waals surface area contributed by atoms with Crippen molar-refractivity contribution < 1.29 is 9.53 Å². The van der Waals surface area contributed by atoms with E-state index in [1.807, 2.05) is 61.7 Å². The molecule has 0 saturated carbocycles. The number of hydrogen-bond donors (Lipinski definition) is 1. The van der Waals surface area contributed by atoms with Crippen molar-refractivity contribution in [2.45, 2.75) is 20.4 Å². The highest BCUT2D eigenvalue weighted by molar-refractivity contribution is 7.11. The average Bonchev–Trinajstić information content (AvgIpc) is 3.07. The molecule has 0 aliphatic rings. The highest BCUT2D eigenvalue weighted by atomic mass is 32.1. The van der Waals surface area contributed by atoms with Crippen LogP contribution in [0.5, 0.6) is 10.9 Å². The molecule has 5 heteroatoms. The number of carbonyl (C=O) groups is 1. The number of hydrogen-bond acceptors (Lipinski definition) is 4. The third-order valence-corrected chi connectivity index (χ3v) is 4.27. The quantitative estimate of drug-likeness (QED) is 0.746. The Kier molecular flexibility index (Phi) is 4.91. The maximum atomic E-state index is 12.3. The predicted octanol–water partition coefficient (Wildman–Crippen LogP) is 4.48. The smallest absolute Gasteiger partial charge is 0.278 e. The number of thiazole rings is 1. The molecule has 1 N–H and O–H groups in total. The molecule has 1 heterocycles. The molecule has 2 aromatic carbocycles. The van der Waals surface area contributed by atoms with Gasteiger partial charge in [0.05, 0.1) is 0 Å². The van der Waals surface area contributed by atoms with Crippen LogP contribution in [0, 0.1) is 13.8 Å². The first-order valence-corrected chi connectivity index (χ1v) is 8.51. The average molecular weight is 338 g/mol. The second kappa shape index (κ2) is 7.27. The number of nitrogens with one attached hydrogen (secondary N) is 1. The molecule has 0 atom stereocenters. The topological polar surface area (TPSA) is 51.2 Å². The Morgan fingerprint density at radius 2 is 1.96 bits per heavy atom. The van der Waals surface area contributed by atoms with Crippen LogP contribution in [0.1, 0.15) is 27.0 Å². The molecule has 122 valence electrons. The van der Waals surface area contributed by atoms with E-state index in [4.69, 9.17) is 4.74 Å². The number of benzene rings is 2. The van der Waals surface area contributed by atoms with Crippen LogP contribution in [-0.4, -0.2) is 10.9 Å². The second-order valence-electron chi connectivity index (χ2n) is 5.55. The number of aryl methyl sites for hydroxylation is 2. The Bertz CT molecular complexity index is 827. The second-order valence-corrected chi connectivity index (χ2v) is 6.40. The molecule has 0 spiro atoms. The van der Waals surface area contributed by atoms with E-state index < -0.39 is 0 Å². The molecule has 3 rings (SSSR count). The number of nitrogens with zero attached hydrogens (tertiary/aromatic N) is 1. The van der Waals surface area contributed by atoms with Crippen molar-refractivity contribution in [1.82, 2.24) is 10.3 Å². The molecule has 0 bridgehead atoms. The first kappa shape index (κ1) is 16.2. The third-order valence-electron chi connectivity index (χ3n) is 3.62. The first-order chi connectivity index (χ1) is 11.6. The largest absolute Gasteiger partial charge is 0.431 e. The summed E-state index contributed by atoms with van der Waals surface area (Å²) >= 11 is 1.45. The zero-order valence-electron chi connectivity index (χ0n) is 13.6. The lowest BCUT2D eigenvalue weighted by Crippen LogP contribution is -2.23. The first-order valence-electron chi connectivity index (χ1n) is 7.63. The lowest BCUT2D eigenvalue weighted by atomic mass is 10.1. The van der Waals surface area contributed by atoms with Gasteiger partial charge in [0.1, 0.15) is 5.75 Å². The van der Waals surface area contributed by atoms with Gasteiger partial charge in [0.25, 0.3) is 11.1 Å². The minimum Gasteiger partial charge on any atom is -0.431 e. The van der Waals surface area contributed by atoms with Gasteiger partial charge in [-0.15, -0.1) is 0 Å². The summed E-state index contributed by atoms with van der Waals surface area (Å²) in [6.07, 6.45) is 1.71. The maximum Gasteiger partial charge on any atom is 0.278 e. The molecule has 24 heavy (non-hydrogen) atoms. The summed E-state index contributed by atoms with van der Waals surface area (Å²) in [4.78, 5) is 16.4. The van der Waals surface area contributed by atoms with Crippen molar-refractivity contribution in [3.05, 3.63) is 76.3 Å². The van der Waals surface area contributed by atoms with Crippen LogP contribution in [0.25, 0.3) is 0 Å². The van der Waals surface area contributed by atoms with Crippen molar-refractivity contribution in [3.8, 4) is 10.9 Å². The van der Waals surface area contributed by atoms with Crippen LogP contribution in [0.3, 0.4) is 0 Å². The molecule has 0 radical (unpaired) electrons. The summed E-state index contributed by atoms with van der Waals surface area (Å²) in [5.74, 6) is 0.671. The van der Waals surface area contributed by atoms with E-state index in [2.05, 4.69) is 10.3 Å². The van der Waals surface area contributed by atoms with Gasteiger partial charge in [0.2, 0.25) is 0 Å². The lowest BCUT2D eigenvalue weighted by Gasteiger charge is -2.09. The molecule has 1 amide bonds. The molecule has 0 saturated heterocycles. The maximum absolute atomic E-state index is 12.3. The fourth-order valence-electron chi connectivity index (χ4n) is 2.38. The van der Waals surface area contributed by atoms with Crippen molar-refractivity contribution in [3.63, 3.8) is 0 Å². The van der Waals surface area contributed by atoms with Gasteiger partial charge in [-0.25, -0.2) is 4.98 Å². The van der Waals surface area contributed by atoms with Crippen molar-refractivity contribution in [1.29, 1.82) is 0 Å².